The lowest BCUT2D eigenvalue weighted by molar-refractivity contribution is -0.173. The maximum Gasteiger partial charge on any atom is 0.126 e. The van der Waals surface area contributed by atoms with E-state index in [2.05, 4.69) is 13.8 Å². The fourth-order valence-corrected chi connectivity index (χ4v) is 2.28. The molecule has 3 heteroatoms. The van der Waals surface area contributed by atoms with Gasteiger partial charge in [-0.3, -0.25) is 0 Å². The first-order valence-electron chi connectivity index (χ1n) is 5.54. The van der Waals surface area contributed by atoms with Crippen molar-refractivity contribution in [1.29, 1.82) is 0 Å². The van der Waals surface area contributed by atoms with Crippen molar-refractivity contribution in [3.8, 4) is 0 Å². The van der Waals surface area contributed by atoms with Crippen LogP contribution in [-0.2, 0) is 9.47 Å². The molecule has 4 unspecified atom stereocenters. The zero-order valence-corrected chi connectivity index (χ0v) is 8.91. The van der Waals surface area contributed by atoms with E-state index in [1.807, 2.05) is 0 Å². The first-order valence-corrected chi connectivity index (χ1v) is 5.54. The van der Waals surface area contributed by atoms with Gasteiger partial charge in [-0.1, -0.05) is 13.8 Å². The van der Waals surface area contributed by atoms with Crippen molar-refractivity contribution < 1.29 is 13.9 Å². The van der Waals surface area contributed by atoms with Gasteiger partial charge in [-0.2, -0.15) is 0 Å². The van der Waals surface area contributed by atoms with Crippen molar-refractivity contribution in [2.24, 2.45) is 11.8 Å². The second-order valence-corrected chi connectivity index (χ2v) is 4.82. The Morgan fingerprint density at radius 1 is 1.07 bits per heavy atom. The second-order valence-electron chi connectivity index (χ2n) is 4.82. The minimum Gasteiger partial charge on any atom is -0.375 e. The molecule has 14 heavy (non-hydrogen) atoms. The van der Waals surface area contributed by atoms with Gasteiger partial charge in [0.05, 0.1) is 25.4 Å². The van der Waals surface area contributed by atoms with Crippen molar-refractivity contribution in [2.45, 2.75) is 45.1 Å². The molecule has 0 aliphatic carbocycles. The van der Waals surface area contributed by atoms with Crippen LogP contribution in [0.2, 0.25) is 0 Å². The topological polar surface area (TPSA) is 18.5 Å². The number of hydrogen-bond donors (Lipinski definition) is 0. The summed E-state index contributed by atoms with van der Waals surface area (Å²) < 4.78 is 24.1. The summed E-state index contributed by atoms with van der Waals surface area (Å²) in [5, 5.41) is 0. The van der Waals surface area contributed by atoms with Crippen molar-refractivity contribution in [2.75, 3.05) is 13.2 Å². The molecule has 2 aliphatic heterocycles. The van der Waals surface area contributed by atoms with Crippen molar-refractivity contribution in [1.82, 2.24) is 0 Å². The molecule has 0 bridgehead atoms. The lowest BCUT2D eigenvalue weighted by atomic mass is 9.85. The normalized spacial score (nSPS) is 43.7. The van der Waals surface area contributed by atoms with Crippen molar-refractivity contribution in [3.05, 3.63) is 0 Å². The Kier molecular flexibility index (Phi) is 3.07. The van der Waals surface area contributed by atoms with Gasteiger partial charge in [0.2, 0.25) is 0 Å². The number of rotatable bonds is 1. The largest absolute Gasteiger partial charge is 0.375 e. The first kappa shape index (κ1) is 10.4. The lowest BCUT2D eigenvalue weighted by Gasteiger charge is -2.41. The van der Waals surface area contributed by atoms with Gasteiger partial charge < -0.3 is 9.47 Å². The van der Waals surface area contributed by atoms with Gasteiger partial charge in [0.25, 0.3) is 0 Å². The average molecular weight is 202 g/mol. The molecule has 2 saturated heterocycles. The Hall–Kier alpha value is -0.150. The maximum absolute atomic E-state index is 13.0. The van der Waals surface area contributed by atoms with Crippen LogP contribution in [0.4, 0.5) is 4.39 Å². The molecule has 0 aromatic rings. The standard InChI is InChI=1S/C11H19FO2/c1-7(2)8-3-10-11(13-5-8)4-9(12)6-14-10/h7-11H,3-6H2,1-2H3. The summed E-state index contributed by atoms with van der Waals surface area (Å²) in [5.41, 5.74) is 0. The van der Waals surface area contributed by atoms with E-state index in [1.165, 1.54) is 0 Å². The molecule has 2 rings (SSSR count). The smallest absolute Gasteiger partial charge is 0.126 e. The van der Waals surface area contributed by atoms with E-state index in [-0.39, 0.29) is 18.8 Å². The Morgan fingerprint density at radius 3 is 2.43 bits per heavy atom. The number of ether oxygens (including phenoxy) is 2. The minimum atomic E-state index is -0.827. The first-order chi connectivity index (χ1) is 6.66. The van der Waals surface area contributed by atoms with Gasteiger partial charge >= 0.3 is 0 Å². The molecule has 0 amide bonds. The highest BCUT2D eigenvalue weighted by Crippen LogP contribution is 2.32. The van der Waals surface area contributed by atoms with Crippen LogP contribution in [0.25, 0.3) is 0 Å². The molecule has 0 N–H and O–H groups in total. The monoisotopic (exact) mass is 202 g/mol. The summed E-state index contributed by atoms with van der Waals surface area (Å²) in [6.45, 7) is 5.44. The molecular formula is C11H19FO2. The van der Waals surface area contributed by atoms with Gasteiger partial charge in [-0.25, -0.2) is 4.39 Å². The number of fused-ring (bicyclic) bond motifs is 1. The van der Waals surface area contributed by atoms with E-state index < -0.39 is 6.17 Å². The summed E-state index contributed by atoms with van der Waals surface area (Å²) in [7, 11) is 0. The summed E-state index contributed by atoms with van der Waals surface area (Å²) in [6, 6.07) is 0. The minimum absolute atomic E-state index is 0.00810. The molecule has 2 nitrogen and oxygen atoms in total. The van der Waals surface area contributed by atoms with Crippen molar-refractivity contribution >= 4 is 0 Å². The van der Waals surface area contributed by atoms with Crippen LogP contribution in [0.3, 0.4) is 0 Å². The fraction of sp³-hybridized carbons (Fsp3) is 1.00. The predicted molar refractivity (Wildman–Crippen MR) is 51.9 cm³/mol. The second kappa shape index (κ2) is 4.15. The molecule has 0 aromatic heterocycles. The van der Waals surface area contributed by atoms with Crippen LogP contribution >= 0.6 is 0 Å². The molecule has 2 heterocycles. The van der Waals surface area contributed by atoms with Crippen LogP contribution in [0, 0.1) is 11.8 Å². The Balaban J connectivity index is 1.91. The maximum atomic E-state index is 13.0. The number of hydrogen-bond acceptors (Lipinski definition) is 2. The third-order valence-corrected chi connectivity index (χ3v) is 3.40. The van der Waals surface area contributed by atoms with Gasteiger partial charge in [0.15, 0.2) is 0 Å². The summed E-state index contributed by atoms with van der Waals surface area (Å²) in [4.78, 5) is 0. The van der Waals surface area contributed by atoms with Gasteiger partial charge in [-0.05, 0) is 18.3 Å². The van der Waals surface area contributed by atoms with Crippen LogP contribution in [0.15, 0.2) is 0 Å². The van der Waals surface area contributed by atoms with Gasteiger partial charge in [0.1, 0.15) is 6.17 Å². The summed E-state index contributed by atoms with van der Waals surface area (Å²) in [5.74, 6) is 1.20. The van der Waals surface area contributed by atoms with Crippen LogP contribution in [0.5, 0.6) is 0 Å². The fourth-order valence-electron chi connectivity index (χ4n) is 2.28. The average Bonchev–Trinajstić information content (AvgIpc) is 2.16. The molecule has 0 saturated carbocycles. The molecule has 0 aromatic carbocycles. The molecule has 82 valence electrons. The highest BCUT2D eigenvalue weighted by atomic mass is 19.1. The van der Waals surface area contributed by atoms with E-state index in [0.717, 1.165) is 13.0 Å². The molecule has 2 aliphatic rings. The highest BCUT2D eigenvalue weighted by Gasteiger charge is 2.38. The zero-order valence-electron chi connectivity index (χ0n) is 8.91. The quantitative estimate of drug-likeness (QED) is 0.649. The van der Waals surface area contributed by atoms with E-state index in [9.17, 15) is 4.39 Å². The van der Waals surface area contributed by atoms with Gasteiger partial charge in [-0.15, -0.1) is 0 Å². The highest BCUT2D eigenvalue weighted by molar-refractivity contribution is 4.86. The Bertz CT molecular complexity index is 196. The lowest BCUT2D eigenvalue weighted by Crippen LogP contribution is -2.47. The zero-order chi connectivity index (χ0) is 10.1. The number of halogens is 1. The van der Waals surface area contributed by atoms with Gasteiger partial charge in [0, 0.05) is 6.42 Å². The van der Waals surface area contributed by atoms with E-state index in [0.29, 0.717) is 18.3 Å². The molecule has 0 spiro atoms. The Labute approximate surface area is 84.8 Å². The summed E-state index contributed by atoms with van der Waals surface area (Å²) >= 11 is 0. The molecule has 4 atom stereocenters. The molecular weight excluding hydrogens is 183 g/mol. The third-order valence-electron chi connectivity index (χ3n) is 3.40. The Morgan fingerprint density at radius 2 is 1.71 bits per heavy atom. The van der Waals surface area contributed by atoms with E-state index in [4.69, 9.17) is 9.47 Å². The molecule has 2 fully saturated rings. The SMILES string of the molecule is CC(C)C1COC2CC(F)COC2C1. The third kappa shape index (κ3) is 2.09. The van der Waals surface area contributed by atoms with Crippen LogP contribution < -0.4 is 0 Å². The van der Waals surface area contributed by atoms with E-state index >= 15 is 0 Å². The van der Waals surface area contributed by atoms with Crippen molar-refractivity contribution in [3.63, 3.8) is 0 Å². The summed E-state index contributed by atoms with van der Waals surface area (Å²) in [6.07, 6.45) is 0.883. The predicted octanol–water partition coefficient (Wildman–Crippen LogP) is 2.17. The van der Waals surface area contributed by atoms with Crippen LogP contribution in [-0.4, -0.2) is 31.6 Å². The molecule has 0 radical (unpaired) electrons. The number of alkyl halides is 1. The van der Waals surface area contributed by atoms with E-state index in [1.54, 1.807) is 0 Å². The van der Waals surface area contributed by atoms with Crippen LogP contribution in [0.1, 0.15) is 26.7 Å².